The summed E-state index contributed by atoms with van der Waals surface area (Å²) in [6.45, 7) is 16.5. The maximum Gasteiger partial charge on any atom is 0.0459 e. The summed E-state index contributed by atoms with van der Waals surface area (Å²) in [6, 6.07) is 6.55. The van der Waals surface area contributed by atoms with Gasteiger partial charge in [0.25, 0.3) is 0 Å². The number of piperidine rings is 1. The number of nitrogens with one attached hydrogen (secondary N) is 2. The van der Waals surface area contributed by atoms with Crippen LogP contribution in [-0.4, -0.2) is 35.1 Å². The molecule has 1 aliphatic heterocycles. The fourth-order valence-corrected chi connectivity index (χ4v) is 3.83. The smallest absolute Gasteiger partial charge is 0.0459 e. The molecule has 1 saturated heterocycles. The average Bonchev–Trinajstić information content (AvgIpc) is 2.83. The molecule has 134 valence electrons. The highest BCUT2D eigenvalue weighted by Crippen LogP contribution is 2.27. The zero-order valence-corrected chi connectivity index (χ0v) is 15.6. The van der Waals surface area contributed by atoms with E-state index in [9.17, 15) is 0 Å². The van der Waals surface area contributed by atoms with Crippen LogP contribution in [-0.2, 0) is 0 Å². The Balaban J connectivity index is 0.00000169. The Morgan fingerprint density at radius 3 is 2.88 bits per heavy atom. The van der Waals surface area contributed by atoms with Gasteiger partial charge in [-0.05, 0) is 70.3 Å². The number of aryl methyl sites for hydroxylation is 2. The molecule has 0 aliphatic carbocycles. The third-order valence-electron chi connectivity index (χ3n) is 5.70. The first-order chi connectivity index (χ1) is 11.4. The molecule has 2 N–H and O–H groups in total. The Morgan fingerprint density at radius 1 is 1.33 bits per heavy atom. The maximum absolute atomic E-state index is 4.25. The molecule has 2 heterocycles. The van der Waals surface area contributed by atoms with E-state index in [1.54, 1.807) is 0 Å². The number of hydrogen-bond donors (Lipinski definition) is 2. The Labute approximate surface area is 149 Å². The van der Waals surface area contributed by atoms with Gasteiger partial charge < -0.3 is 10.3 Å². The van der Waals surface area contributed by atoms with Crippen molar-refractivity contribution in [1.82, 2.24) is 15.2 Å². The molecular formula is C21H35N3. The third kappa shape index (κ3) is 3.36. The number of fused-ring (bicyclic) bond motifs is 1. The number of nitrogens with zero attached hydrogens (tertiary/aromatic N) is 1. The predicted octanol–water partition coefficient (Wildman–Crippen LogP) is 5.10. The van der Waals surface area contributed by atoms with Crippen molar-refractivity contribution in [3.63, 3.8) is 0 Å². The molecule has 0 radical (unpaired) electrons. The van der Waals surface area contributed by atoms with Crippen LogP contribution in [0.5, 0.6) is 0 Å². The van der Waals surface area contributed by atoms with Gasteiger partial charge in [0.05, 0.1) is 0 Å². The quantitative estimate of drug-likeness (QED) is 0.799. The lowest BCUT2D eigenvalue weighted by Gasteiger charge is -2.42. The van der Waals surface area contributed by atoms with Gasteiger partial charge in [-0.15, -0.1) is 0 Å². The highest BCUT2D eigenvalue weighted by atomic mass is 15.2. The summed E-state index contributed by atoms with van der Waals surface area (Å²) in [6.07, 6.45) is 3.99. The van der Waals surface area contributed by atoms with E-state index in [1.165, 1.54) is 53.5 Å². The van der Waals surface area contributed by atoms with Crippen molar-refractivity contribution in [3.05, 3.63) is 41.6 Å². The molecule has 0 spiro atoms. The lowest BCUT2D eigenvalue weighted by atomic mass is 9.90. The van der Waals surface area contributed by atoms with Crippen LogP contribution in [0.2, 0.25) is 0 Å². The monoisotopic (exact) mass is 329 g/mol. The molecule has 1 fully saturated rings. The van der Waals surface area contributed by atoms with Crippen LogP contribution in [0, 0.1) is 13.8 Å². The molecule has 24 heavy (non-hydrogen) atoms. The van der Waals surface area contributed by atoms with Gasteiger partial charge in [0, 0.05) is 43.8 Å². The maximum atomic E-state index is 4.25. The largest absolute Gasteiger partial charge is 0.384 e. The zero-order chi connectivity index (χ0) is 17.3. The zero-order valence-electron chi connectivity index (χ0n) is 15.6. The Bertz CT molecular complexity index is 749. The second kappa shape index (κ2) is 6.64. The van der Waals surface area contributed by atoms with Gasteiger partial charge in [-0.3, -0.25) is 4.90 Å². The fraction of sp³-hybridized carbons (Fsp3) is 0.524. The minimum Gasteiger partial charge on any atom is -0.384 e. The van der Waals surface area contributed by atoms with Crippen molar-refractivity contribution in [2.24, 2.45) is 0 Å². The molecule has 3 nitrogen and oxygen atoms in total. The number of rotatable bonds is 5. The Hall–Kier alpha value is -1.74. The summed E-state index contributed by atoms with van der Waals surface area (Å²) in [7, 11) is 0. The summed E-state index contributed by atoms with van der Waals surface area (Å²) in [5.41, 5.74) is 6.31. The van der Waals surface area contributed by atoms with E-state index in [2.05, 4.69) is 67.7 Å². The summed E-state index contributed by atoms with van der Waals surface area (Å²) >= 11 is 0. The van der Waals surface area contributed by atoms with Crippen molar-refractivity contribution in [2.45, 2.75) is 52.5 Å². The SMILES string of the molecule is C=C(NCCN1CCCCC1(C)C)c1ccc2[nH]c(C)c(C)c2c1.[HH].[HH]. The van der Waals surface area contributed by atoms with Gasteiger partial charge in [-0.1, -0.05) is 19.1 Å². The number of H-pyrrole nitrogens is 1. The minimum absolute atomic E-state index is 0. The van der Waals surface area contributed by atoms with E-state index < -0.39 is 0 Å². The van der Waals surface area contributed by atoms with E-state index in [0.717, 1.165) is 18.8 Å². The summed E-state index contributed by atoms with van der Waals surface area (Å²) in [5.74, 6) is 0. The highest BCUT2D eigenvalue weighted by molar-refractivity contribution is 5.87. The van der Waals surface area contributed by atoms with Crippen LogP contribution in [0.3, 0.4) is 0 Å². The van der Waals surface area contributed by atoms with Crippen LogP contribution in [0.4, 0.5) is 0 Å². The number of aromatic nitrogens is 1. The van der Waals surface area contributed by atoms with Crippen LogP contribution in [0.15, 0.2) is 24.8 Å². The second-order valence-corrected chi connectivity index (χ2v) is 7.80. The first kappa shape index (κ1) is 17.1. The van der Waals surface area contributed by atoms with Crippen LogP contribution >= 0.6 is 0 Å². The fourth-order valence-electron chi connectivity index (χ4n) is 3.83. The Kier molecular flexibility index (Phi) is 4.73. The van der Waals surface area contributed by atoms with Gasteiger partial charge >= 0.3 is 0 Å². The normalized spacial score (nSPS) is 18.0. The van der Waals surface area contributed by atoms with Crippen molar-refractivity contribution in [2.75, 3.05) is 19.6 Å². The van der Waals surface area contributed by atoms with Crippen LogP contribution in [0.1, 0.15) is 52.8 Å². The molecule has 2 aromatic rings. The molecule has 1 aliphatic rings. The van der Waals surface area contributed by atoms with E-state index >= 15 is 0 Å². The molecule has 0 atom stereocenters. The Morgan fingerprint density at radius 2 is 2.12 bits per heavy atom. The van der Waals surface area contributed by atoms with Crippen molar-refractivity contribution in [1.29, 1.82) is 0 Å². The first-order valence-electron chi connectivity index (χ1n) is 9.15. The topological polar surface area (TPSA) is 31.1 Å². The molecule has 3 heteroatoms. The van der Waals surface area contributed by atoms with Gasteiger partial charge in [0.2, 0.25) is 0 Å². The van der Waals surface area contributed by atoms with Gasteiger partial charge in [0.15, 0.2) is 0 Å². The first-order valence-corrected chi connectivity index (χ1v) is 9.15. The number of hydrogen-bond acceptors (Lipinski definition) is 2. The predicted molar refractivity (Wildman–Crippen MR) is 109 cm³/mol. The van der Waals surface area contributed by atoms with Gasteiger partial charge in [0.1, 0.15) is 0 Å². The van der Waals surface area contributed by atoms with Crippen molar-refractivity contribution in [3.8, 4) is 0 Å². The minimum atomic E-state index is 0. The van der Waals surface area contributed by atoms with E-state index in [-0.39, 0.29) is 2.85 Å². The van der Waals surface area contributed by atoms with Crippen LogP contribution in [0.25, 0.3) is 16.6 Å². The summed E-state index contributed by atoms with van der Waals surface area (Å²) < 4.78 is 0. The van der Waals surface area contributed by atoms with E-state index in [0.29, 0.717) is 5.54 Å². The van der Waals surface area contributed by atoms with Crippen LogP contribution < -0.4 is 5.32 Å². The second-order valence-electron chi connectivity index (χ2n) is 7.80. The number of benzene rings is 1. The lowest BCUT2D eigenvalue weighted by Crippen LogP contribution is -2.49. The molecule has 0 saturated carbocycles. The molecule has 1 aromatic carbocycles. The standard InChI is InChI=1S/C21H31N3.2H2/c1-15-16(2)23-20-9-8-18(14-19(15)20)17(3)22-11-13-24-12-7-6-10-21(24,4)5;;/h8-9,14,22-23H,3,6-7,10-13H2,1-2,4-5H3;2*1H. The lowest BCUT2D eigenvalue weighted by molar-refractivity contribution is 0.0793. The molecule has 3 rings (SSSR count). The molecule has 1 aromatic heterocycles. The van der Waals surface area contributed by atoms with Crippen molar-refractivity contribution < 1.29 is 2.85 Å². The third-order valence-corrected chi connectivity index (χ3v) is 5.70. The van der Waals surface area contributed by atoms with Gasteiger partial charge in [-0.2, -0.15) is 0 Å². The van der Waals surface area contributed by atoms with Crippen molar-refractivity contribution >= 4 is 16.6 Å². The molecular weight excluding hydrogens is 294 g/mol. The van der Waals surface area contributed by atoms with E-state index in [1.807, 2.05) is 0 Å². The summed E-state index contributed by atoms with van der Waals surface area (Å²) in [4.78, 5) is 6.04. The summed E-state index contributed by atoms with van der Waals surface area (Å²) in [5, 5.41) is 4.83. The van der Waals surface area contributed by atoms with E-state index in [4.69, 9.17) is 0 Å². The molecule has 0 bridgehead atoms. The molecule has 0 unspecified atom stereocenters. The number of aromatic amines is 1. The van der Waals surface area contributed by atoms with Gasteiger partial charge in [-0.25, -0.2) is 0 Å². The average molecular weight is 330 g/mol. The molecule has 0 amide bonds. The number of likely N-dealkylation sites (tertiary alicyclic amines) is 1. The highest BCUT2D eigenvalue weighted by Gasteiger charge is 2.28.